The van der Waals surface area contributed by atoms with E-state index in [2.05, 4.69) is 13.8 Å². The average molecular weight is 459 g/mol. The molecule has 4 heteroatoms. The van der Waals surface area contributed by atoms with Crippen LogP contribution in [0.4, 0.5) is 17.6 Å². The molecule has 0 saturated heterocycles. The van der Waals surface area contributed by atoms with Crippen molar-refractivity contribution in [3.05, 3.63) is 11.9 Å². The Labute approximate surface area is 194 Å². The van der Waals surface area contributed by atoms with E-state index in [9.17, 15) is 17.6 Å². The van der Waals surface area contributed by atoms with Crippen molar-refractivity contribution in [3.63, 3.8) is 0 Å². The molecule has 0 aliphatic heterocycles. The van der Waals surface area contributed by atoms with Gasteiger partial charge in [-0.3, -0.25) is 0 Å². The van der Waals surface area contributed by atoms with E-state index in [1.54, 1.807) is 0 Å². The van der Waals surface area contributed by atoms with Crippen molar-refractivity contribution >= 4 is 0 Å². The van der Waals surface area contributed by atoms with Crippen LogP contribution in [-0.2, 0) is 0 Å². The lowest BCUT2D eigenvalue weighted by molar-refractivity contribution is -0.0821. The third-order valence-corrected chi connectivity index (χ3v) is 9.44. The van der Waals surface area contributed by atoms with E-state index in [0.29, 0.717) is 18.8 Å². The zero-order valence-electron chi connectivity index (χ0n) is 20.4. The smallest absolute Gasteiger partial charge is 0.212 e. The molecule has 0 N–H and O–H groups in total. The van der Waals surface area contributed by atoms with Crippen molar-refractivity contribution in [1.82, 2.24) is 0 Å². The zero-order chi connectivity index (χ0) is 23.1. The maximum atomic E-state index is 13.8. The van der Waals surface area contributed by atoms with Crippen molar-refractivity contribution in [2.75, 3.05) is 0 Å². The SMILES string of the molecule is CCCC(C)C1CCC(C2CCC(CCC3CCC(/C(F)=C/C(F)(F)F)CC3)CC2)CC1. The third-order valence-electron chi connectivity index (χ3n) is 9.44. The van der Waals surface area contributed by atoms with Gasteiger partial charge < -0.3 is 0 Å². The summed E-state index contributed by atoms with van der Waals surface area (Å²) < 4.78 is 50.9. The topological polar surface area (TPSA) is 0 Å². The van der Waals surface area contributed by atoms with Crippen molar-refractivity contribution in [3.8, 4) is 0 Å². The lowest BCUT2D eigenvalue weighted by atomic mass is 9.66. The summed E-state index contributed by atoms with van der Waals surface area (Å²) in [6.45, 7) is 4.77. The van der Waals surface area contributed by atoms with Gasteiger partial charge >= 0.3 is 6.18 Å². The molecule has 0 radical (unpaired) electrons. The number of rotatable bonds is 8. The van der Waals surface area contributed by atoms with Crippen LogP contribution in [0.1, 0.15) is 117 Å². The van der Waals surface area contributed by atoms with E-state index in [1.165, 1.54) is 77.0 Å². The van der Waals surface area contributed by atoms with Crippen molar-refractivity contribution in [1.29, 1.82) is 0 Å². The van der Waals surface area contributed by atoms with Gasteiger partial charge in [0.25, 0.3) is 0 Å². The number of halogens is 4. The first-order valence-corrected chi connectivity index (χ1v) is 13.7. The highest BCUT2D eigenvalue weighted by atomic mass is 19.4. The minimum absolute atomic E-state index is 0.130. The Kier molecular flexibility index (Phi) is 9.98. The van der Waals surface area contributed by atoms with Gasteiger partial charge in [0.05, 0.1) is 6.08 Å². The largest absolute Gasteiger partial charge is 0.412 e. The van der Waals surface area contributed by atoms with Gasteiger partial charge in [-0.1, -0.05) is 52.4 Å². The normalized spacial score (nSPS) is 36.1. The van der Waals surface area contributed by atoms with Crippen molar-refractivity contribution in [2.24, 2.45) is 41.4 Å². The van der Waals surface area contributed by atoms with E-state index in [-0.39, 0.29) is 6.08 Å². The monoisotopic (exact) mass is 458 g/mol. The maximum absolute atomic E-state index is 13.8. The molecule has 0 aromatic heterocycles. The number of hydrogen-bond acceptors (Lipinski definition) is 0. The fourth-order valence-corrected chi connectivity index (χ4v) is 7.30. The molecule has 0 bridgehead atoms. The number of hydrogen-bond donors (Lipinski definition) is 0. The second kappa shape index (κ2) is 12.2. The molecule has 0 aromatic carbocycles. The average Bonchev–Trinajstić information content (AvgIpc) is 2.77. The Morgan fingerprint density at radius 3 is 1.72 bits per heavy atom. The van der Waals surface area contributed by atoms with Gasteiger partial charge in [-0.05, 0) is 99.7 Å². The molecule has 32 heavy (non-hydrogen) atoms. The Morgan fingerprint density at radius 2 is 1.25 bits per heavy atom. The summed E-state index contributed by atoms with van der Waals surface area (Å²) in [4.78, 5) is 0. The number of alkyl halides is 3. The van der Waals surface area contributed by atoms with Crippen LogP contribution in [0.15, 0.2) is 11.9 Å². The molecule has 0 amide bonds. The predicted molar refractivity (Wildman–Crippen MR) is 125 cm³/mol. The van der Waals surface area contributed by atoms with Gasteiger partial charge in [0, 0.05) is 5.92 Å². The number of allylic oxidation sites excluding steroid dienone is 2. The van der Waals surface area contributed by atoms with Crippen LogP contribution >= 0.6 is 0 Å². The maximum Gasteiger partial charge on any atom is 0.412 e. The zero-order valence-corrected chi connectivity index (χ0v) is 20.4. The molecule has 0 aromatic rings. The molecular formula is C28H46F4. The van der Waals surface area contributed by atoms with Gasteiger partial charge in [-0.25, -0.2) is 4.39 Å². The molecular weight excluding hydrogens is 412 g/mol. The molecule has 0 spiro atoms. The van der Waals surface area contributed by atoms with Crippen LogP contribution in [0, 0.1) is 41.4 Å². The van der Waals surface area contributed by atoms with E-state index < -0.39 is 17.9 Å². The summed E-state index contributed by atoms with van der Waals surface area (Å²) in [6.07, 6.45) is 14.8. The predicted octanol–water partition coefficient (Wildman–Crippen LogP) is 10.0. The summed E-state index contributed by atoms with van der Waals surface area (Å²) in [5.74, 6) is 3.75. The third kappa shape index (κ3) is 8.05. The fourth-order valence-electron chi connectivity index (χ4n) is 7.30. The van der Waals surface area contributed by atoms with E-state index in [0.717, 1.165) is 42.4 Å². The van der Waals surface area contributed by atoms with Gasteiger partial charge in [0.1, 0.15) is 5.83 Å². The van der Waals surface area contributed by atoms with Crippen LogP contribution in [-0.4, -0.2) is 6.18 Å². The molecule has 1 unspecified atom stereocenters. The Balaban J connectivity index is 1.30. The van der Waals surface area contributed by atoms with Crippen LogP contribution in [0.25, 0.3) is 0 Å². The molecule has 3 saturated carbocycles. The van der Waals surface area contributed by atoms with Gasteiger partial charge in [0.15, 0.2) is 0 Å². The molecule has 0 nitrogen and oxygen atoms in total. The van der Waals surface area contributed by atoms with Crippen LogP contribution in [0.5, 0.6) is 0 Å². The summed E-state index contributed by atoms with van der Waals surface area (Å²) in [5.41, 5.74) is 0. The molecule has 1 atom stereocenters. The second-order valence-electron chi connectivity index (χ2n) is 11.6. The molecule has 186 valence electrons. The van der Waals surface area contributed by atoms with Crippen molar-refractivity contribution in [2.45, 2.75) is 123 Å². The lowest BCUT2D eigenvalue weighted by Gasteiger charge is -2.39. The minimum Gasteiger partial charge on any atom is -0.212 e. The summed E-state index contributed by atoms with van der Waals surface area (Å²) in [6, 6.07) is 0. The van der Waals surface area contributed by atoms with Crippen LogP contribution < -0.4 is 0 Å². The highest BCUT2D eigenvalue weighted by Crippen LogP contribution is 2.45. The lowest BCUT2D eigenvalue weighted by Crippen LogP contribution is -2.27. The van der Waals surface area contributed by atoms with Crippen molar-refractivity contribution < 1.29 is 17.6 Å². The molecule has 3 rings (SSSR count). The first-order chi connectivity index (χ1) is 15.2. The highest BCUT2D eigenvalue weighted by molar-refractivity contribution is 5.03. The second-order valence-corrected chi connectivity index (χ2v) is 11.6. The first kappa shape index (κ1) is 26.1. The molecule has 3 aliphatic rings. The Hall–Kier alpha value is -0.540. The quantitative estimate of drug-likeness (QED) is 0.317. The summed E-state index contributed by atoms with van der Waals surface area (Å²) in [7, 11) is 0. The standard InChI is InChI=1S/C28H46F4/c1-3-4-20(2)23-15-17-25(18-16-23)24-11-7-21(8-12-24)5-6-22-9-13-26(14-10-22)27(29)19-28(30,31)32/h19-26H,3-18H2,1-2H3/b27-19-. The fraction of sp³-hybridized carbons (Fsp3) is 0.929. The van der Waals surface area contributed by atoms with E-state index >= 15 is 0 Å². The van der Waals surface area contributed by atoms with E-state index in [1.807, 2.05) is 0 Å². The first-order valence-electron chi connectivity index (χ1n) is 13.7. The minimum atomic E-state index is -4.54. The Morgan fingerprint density at radius 1 is 0.781 bits per heavy atom. The van der Waals surface area contributed by atoms with Gasteiger partial charge in [-0.2, -0.15) is 13.2 Å². The summed E-state index contributed by atoms with van der Waals surface area (Å²) in [5, 5.41) is 0. The van der Waals surface area contributed by atoms with E-state index in [4.69, 9.17) is 0 Å². The molecule has 0 heterocycles. The van der Waals surface area contributed by atoms with Crippen LogP contribution in [0.3, 0.4) is 0 Å². The molecule has 3 fully saturated rings. The van der Waals surface area contributed by atoms with Gasteiger partial charge in [0.2, 0.25) is 0 Å². The van der Waals surface area contributed by atoms with Crippen LogP contribution in [0.2, 0.25) is 0 Å². The highest BCUT2D eigenvalue weighted by Gasteiger charge is 2.33. The Bertz CT molecular complexity index is 556. The molecule has 3 aliphatic carbocycles. The summed E-state index contributed by atoms with van der Waals surface area (Å²) >= 11 is 0. The van der Waals surface area contributed by atoms with Gasteiger partial charge in [-0.15, -0.1) is 0 Å².